The number of benzene rings is 3. The lowest BCUT2D eigenvalue weighted by Crippen LogP contribution is -2.43. The summed E-state index contributed by atoms with van der Waals surface area (Å²) in [6.07, 6.45) is 0. The quantitative estimate of drug-likeness (QED) is 0.531. The molecule has 1 saturated heterocycles. The summed E-state index contributed by atoms with van der Waals surface area (Å²) in [5.41, 5.74) is 1.83. The molecule has 0 radical (unpaired) electrons. The van der Waals surface area contributed by atoms with Gasteiger partial charge in [-0.3, -0.25) is 9.69 Å². The van der Waals surface area contributed by atoms with Gasteiger partial charge in [0.1, 0.15) is 5.82 Å². The SMILES string of the molecule is O=C(NCC(c1cccc(F)c1)N1CCOCC1)c1ccc(CS(=O)(=O)c2ccccc2)cc1. The molecule has 3 aromatic carbocycles. The number of sulfone groups is 1. The van der Waals surface area contributed by atoms with E-state index in [0.29, 0.717) is 44.0 Å². The molecule has 1 amide bonds. The van der Waals surface area contributed by atoms with Crippen LogP contribution in [0.15, 0.2) is 83.8 Å². The van der Waals surface area contributed by atoms with Gasteiger partial charge in [-0.2, -0.15) is 0 Å². The fourth-order valence-corrected chi connectivity index (χ4v) is 5.40. The summed E-state index contributed by atoms with van der Waals surface area (Å²) < 4.78 is 44.5. The smallest absolute Gasteiger partial charge is 0.251 e. The van der Waals surface area contributed by atoms with E-state index in [9.17, 15) is 17.6 Å². The van der Waals surface area contributed by atoms with E-state index in [0.717, 1.165) is 5.56 Å². The van der Waals surface area contributed by atoms with Crippen molar-refractivity contribution in [1.82, 2.24) is 10.2 Å². The number of ether oxygens (including phenoxy) is 1. The Morgan fingerprint density at radius 1 is 0.971 bits per heavy atom. The summed E-state index contributed by atoms with van der Waals surface area (Å²) in [6, 6.07) is 21.1. The molecule has 1 atom stereocenters. The number of nitrogens with one attached hydrogen (secondary N) is 1. The minimum absolute atomic E-state index is 0.141. The van der Waals surface area contributed by atoms with Gasteiger partial charge in [0.25, 0.3) is 5.91 Å². The number of hydrogen-bond acceptors (Lipinski definition) is 5. The molecular weight excluding hydrogens is 455 g/mol. The van der Waals surface area contributed by atoms with Gasteiger partial charge >= 0.3 is 0 Å². The first-order chi connectivity index (χ1) is 16.4. The number of halogens is 1. The van der Waals surface area contributed by atoms with Gasteiger partial charge in [0, 0.05) is 25.2 Å². The van der Waals surface area contributed by atoms with Crippen LogP contribution < -0.4 is 5.32 Å². The highest BCUT2D eigenvalue weighted by Gasteiger charge is 2.24. The number of carbonyl (C=O) groups is 1. The third-order valence-corrected chi connectivity index (χ3v) is 7.55. The summed E-state index contributed by atoms with van der Waals surface area (Å²) in [5.74, 6) is -0.729. The van der Waals surface area contributed by atoms with E-state index in [-0.39, 0.29) is 28.4 Å². The molecule has 1 aliphatic heterocycles. The van der Waals surface area contributed by atoms with Crippen LogP contribution >= 0.6 is 0 Å². The first kappa shape index (κ1) is 24.1. The van der Waals surface area contributed by atoms with Crippen LogP contribution in [0.4, 0.5) is 4.39 Å². The van der Waals surface area contributed by atoms with Crippen molar-refractivity contribution in [2.24, 2.45) is 0 Å². The summed E-state index contributed by atoms with van der Waals surface area (Å²) in [5, 5.41) is 2.95. The van der Waals surface area contributed by atoms with Gasteiger partial charge < -0.3 is 10.1 Å². The van der Waals surface area contributed by atoms with Gasteiger partial charge in [-0.15, -0.1) is 0 Å². The Kier molecular flexibility index (Phi) is 7.72. The number of hydrogen-bond donors (Lipinski definition) is 1. The Hall–Kier alpha value is -3.07. The first-order valence-corrected chi connectivity index (χ1v) is 12.8. The Balaban J connectivity index is 1.42. The van der Waals surface area contributed by atoms with Crippen molar-refractivity contribution in [3.05, 3.63) is 101 Å². The number of carbonyl (C=O) groups excluding carboxylic acids is 1. The molecule has 1 aliphatic rings. The van der Waals surface area contributed by atoms with Crippen molar-refractivity contribution in [1.29, 1.82) is 0 Å². The van der Waals surface area contributed by atoms with Crippen molar-refractivity contribution >= 4 is 15.7 Å². The molecule has 3 aromatic rings. The molecule has 0 saturated carbocycles. The predicted molar refractivity (Wildman–Crippen MR) is 128 cm³/mol. The second-order valence-corrected chi connectivity index (χ2v) is 10.2. The molecule has 6 nitrogen and oxygen atoms in total. The van der Waals surface area contributed by atoms with Crippen LogP contribution in [0, 0.1) is 5.82 Å². The van der Waals surface area contributed by atoms with Crippen LogP contribution in [0.3, 0.4) is 0 Å². The Morgan fingerprint density at radius 2 is 1.68 bits per heavy atom. The van der Waals surface area contributed by atoms with E-state index in [1.165, 1.54) is 12.1 Å². The van der Waals surface area contributed by atoms with Gasteiger partial charge in [-0.25, -0.2) is 12.8 Å². The van der Waals surface area contributed by atoms with Crippen molar-refractivity contribution in [3.63, 3.8) is 0 Å². The summed E-state index contributed by atoms with van der Waals surface area (Å²) >= 11 is 0. The molecule has 4 rings (SSSR count). The molecule has 1 N–H and O–H groups in total. The summed E-state index contributed by atoms with van der Waals surface area (Å²) in [6.45, 7) is 2.88. The largest absolute Gasteiger partial charge is 0.379 e. The highest BCUT2D eigenvalue weighted by Crippen LogP contribution is 2.22. The van der Waals surface area contributed by atoms with Crippen molar-refractivity contribution in [3.8, 4) is 0 Å². The lowest BCUT2D eigenvalue weighted by Gasteiger charge is -2.35. The van der Waals surface area contributed by atoms with Gasteiger partial charge in [-0.05, 0) is 47.5 Å². The zero-order chi connectivity index (χ0) is 24.0. The molecular formula is C26H27FN2O4S. The predicted octanol–water partition coefficient (Wildman–Crippen LogP) is 3.60. The van der Waals surface area contributed by atoms with Crippen LogP contribution in [0.5, 0.6) is 0 Å². The monoisotopic (exact) mass is 482 g/mol. The van der Waals surface area contributed by atoms with Gasteiger partial charge in [-0.1, -0.05) is 42.5 Å². The first-order valence-electron chi connectivity index (χ1n) is 11.1. The van der Waals surface area contributed by atoms with E-state index < -0.39 is 9.84 Å². The fraction of sp³-hybridized carbons (Fsp3) is 0.269. The molecule has 1 heterocycles. The topological polar surface area (TPSA) is 75.7 Å². The maximum absolute atomic E-state index is 13.8. The summed E-state index contributed by atoms with van der Waals surface area (Å²) in [7, 11) is -3.46. The standard InChI is InChI=1S/C26H27FN2O4S/c27-23-6-4-5-22(17-23)25(29-13-15-33-16-14-29)18-28-26(30)21-11-9-20(10-12-21)19-34(31,32)24-7-2-1-3-8-24/h1-12,17,25H,13-16,18-19H2,(H,28,30). The van der Waals surface area contributed by atoms with Crippen LogP contribution in [0.25, 0.3) is 0 Å². The van der Waals surface area contributed by atoms with Crippen LogP contribution in [0.2, 0.25) is 0 Å². The Morgan fingerprint density at radius 3 is 2.35 bits per heavy atom. The van der Waals surface area contributed by atoms with Gasteiger partial charge in [0.15, 0.2) is 9.84 Å². The number of nitrogens with zero attached hydrogens (tertiary/aromatic N) is 1. The molecule has 8 heteroatoms. The molecule has 0 bridgehead atoms. The molecule has 34 heavy (non-hydrogen) atoms. The molecule has 0 spiro atoms. The van der Waals surface area contributed by atoms with Gasteiger partial charge in [0.2, 0.25) is 0 Å². The van der Waals surface area contributed by atoms with Crippen LogP contribution in [-0.2, 0) is 20.3 Å². The third kappa shape index (κ3) is 6.08. The third-order valence-electron chi connectivity index (χ3n) is 5.85. The molecule has 0 aromatic heterocycles. The average molecular weight is 483 g/mol. The van der Waals surface area contributed by atoms with E-state index in [1.807, 2.05) is 6.07 Å². The molecule has 0 aliphatic carbocycles. The average Bonchev–Trinajstić information content (AvgIpc) is 2.85. The van der Waals surface area contributed by atoms with E-state index >= 15 is 0 Å². The minimum atomic E-state index is -3.46. The minimum Gasteiger partial charge on any atom is -0.379 e. The fourth-order valence-electron chi connectivity index (χ4n) is 4.04. The highest BCUT2D eigenvalue weighted by molar-refractivity contribution is 7.90. The second-order valence-electron chi connectivity index (χ2n) is 8.20. The maximum atomic E-state index is 13.8. The molecule has 178 valence electrons. The van der Waals surface area contributed by atoms with Crippen molar-refractivity contribution < 1.29 is 22.3 Å². The maximum Gasteiger partial charge on any atom is 0.251 e. The lowest BCUT2D eigenvalue weighted by atomic mass is 10.0. The number of rotatable bonds is 8. The van der Waals surface area contributed by atoms with Gasteiger partial charge in [0.05, 0.1) is 29.9 Å². The van der Waals surface area contributed by atoms with E-state index in [1.54, 1.807) is 60.7 Å². The van der Waals surface area contributed by atoms with Crippen molar-refractivity contribution in [2.75, 3.05) is 32.8 Å². The van der Waals surface area contributed by atoms with E-state index in [4.69, 9.17) is 4.74 Å². The molecule has 1 fully saturated rings. The lowest BCUT2D eigenvalue weighted by molar-refractivity contribution is 0.0162. The Bertz CT molecular complexity index is 1210. The van der Waals surface area contributed by atoms with Crippen molar-refractivity contribution in [2.45, 2.75) is 16.7 Å². The van der Waals surface area contributed by atoms with Crippen LogP contribution in [-0.4, -0.2) is 52.1 Å². The Labute approximate surface area is 199 Å². The summed E-state index contributed by atoms with van der Waals surface area (Å²) in [4.78, 5) is 15.2. The second kappa shape index (κ2) is 10.9. The number of amides is 1. The zero-order valence-corrected chi connectivity index (χ0v) is 19.5. The van der Waals surface area contributed by atoms with E-state index in [2.05, 4.69) is 10.2 Å². The normalized spacial score (nSPS) is 15.6. The zero-order valence-electron chi connectivity index (χ0n) is 18.7. The molecule has 1 unspecified atom stereocenters. The van der Waals surface area contributed by atoms with Crippen LogP contribution in [0.1, 0.15) is 27.5 Å². The highest BCUT2D eigenvalue weighted by atomic mass is 32.2. The number of morpholine rings is 1.